The molecule has 0 spiro atoms. The molecule has 4 aromatic rings. The van der Waals surface area contributed by atoms with E-state index in [1.807, 2.05) is 30.5 Å². The highest BCUT2D eigenvalue weighted by molar-refractivity contribution is 7.80. The summed E-state index contributed by atoms with van der Waals surface area (Å²) in [6.07, 6.45) is 3.54. The summed E-state index contributed by atoms with van der Waals surface area (Å²) in [5.41, 5.74) is 6.89. The van der Waals surface area contributed by atoms with Gasteiger partial charge in [0.2, 0.25) is 0 Å². The van der Waals surface area contributed by atoms with Gasteiger partial charge < -0.3 is 24.1 Å². The van der Waals surface area contributed by atoms with Crippen molar-refractivity contribution in [2.24, 2.45) is 0 Å². The molecule has 0 saturated carbocycles. The Morgan fingerprint density at radius 2 is 1.85 bits per heavy atom. The minimum Gasteiger partial charge on any atom is -0.467 e. The number of hydrogen-bond donors (Lipinski definition) is 1. The second-order valence-electron chi connectivity index (χ2n) is 8.91. The number of pyridine rings is 1. The van der Waals surface area contributed by atoms with Gasteiger partial charge in [-0.15, -0.1) is 0 Å². The largest absolute Gasteiger partial charge is 0.467 e. The van der Waals surface area contributed by atoms with E-state index in [9.17, 15) is 0 Å². The van der Waals surface area contributed by atoms with Crippen LogP contribution < -0.4 is 10.2 Å². The van der Waals surface area contributed by atoms with Crippen molar-refractivity contribution in [3.8, 4) is 5.69 Å². The van der Waals surface area contributed by atoms with E-state index in [2.05, 4.69) is 89.0 Å². The Hall–Kier alpha value is -3.58. The molecule has 1 aliphatic rings. The second kappa shape index (κ2) is 8.99. The van der Waals surface area contributed by atoms with Crippen molar-refractivity contribution >= 4 is 23.0 Å². The summed E-state index contributed by atoms with van der Waals surface area (Å²) in [5.74, 6) is 0.879. The Morgan fingerprint density at radius 3 is 2.50 bits per heavy atom. The van der Waals surface area contributed by atoms with Crippen LogP contribution >= 0.6 is 12.2 Å². The van der Waals surface area contributed by atoms with Crippen LogP contribution in [0.25, 0.3) is 5.69 Å². The van der Waals surface area contributed by atoms with Crippen molar-refractivity contribution < 1.29 is 4.42 Å². The van der Waals surface area contributed by atoms with E-state index in [4.69, 9.17) is 16.6 Å². The van der Waals surface area contributed by atoms with E-state index in [0.29, 0.717) is 11.7 Å². The van der Waals surface area contributed by atoms with E-state index in [1.165, 1.54) is 22.6 Å². The van der Waals surface area contributed by atoms with E-state index in [1.54, 1.807) is 6.26 Å². The monoisotopic (exact) mass is 471 g/mol. The maximum Gasteiger partial charge on any atom is 0.170 e. The van der Waals surface area contributed by atoms with E-state index < -0.39 is 0 Å². The number of rotatable bonds is 6. The van der Waals surface area contributed by atoms with Gasteiger partial charge in [-0.05, 0) is 86.2 Å². The summed E-state index contributed by atoms with van der Waals surface area (Å²) >= 11 is 5.82. The van der Waals surface area contributed by atoms with Gasteiger partial charge in [-0.25, -0.2) is 0 Å². The molecular formula is C27H29N5OS. The molecule has 1 aromatic carbocycles. The Kier molecular flexibility index (Phi) is 5.87. The lowest BCUT2D eigenvalue weighted by Gasteiger charge is -2.27. The lowest BCUT2D eigenvalue weighted by atomic mass is 9.96. The van der Waals surface area contributed by atoms with Crippen molar-refractivity contribution in [2.45, 2.75) is 32.5 Å². The summed E-state index contributed by atoms with van der Waals surface area (Å²) in [7, 11) is 4.11. The van der Waals surface area contributed by atoms with Crippen molar-refractivity contribution in [1.82, 2.24) is 19.8 Å². The molecule has 0 unspecified atom stereocenters. The van der Waals surface area contributed by atoms with Gasteiger partial charge in [0.1, 0.15) is 5.76 Å². The van der Waals surface area contributed by atoms with Crippen LogP contribution in [-0.2, 0) is 6.54 Å². The molecule has 1 saturated heterocycles. The highest BCUT2D eigenvalue weighted by Crippen LogP contribution is 2.42. The quantitative estimate of drug-likeness (QED) is 0.384. The third-order valence-corrected chi connectivity index (χ3v) is 6.87. The van der Waals surface area contributed by atoms with Gasteiger partial charge in [-0.2, -0.15) is 0 Å². The third-order valence-electron chi connectivity index (χ3n) is 6.52. The number of benzene rings is 1. The molecule has 4 heterocycles. The van der Waals surface area contributed by atoms with Gasteiger partial charge in [0.25, 0.3) is 0 Å². The van der Waals surface area contributed by atoms with Crippen molar-refractivity contribution in [1.29, 1.82) is 0 Å². The summed E-state index contributed by atoms with van der Waals surface area (Å²) in [6, 6.07) is 20.8. The Balaban J connectivity index is 1.59. The molecule has 34 heavy (non-hydrogen) atoms. The topological polar surface area (TPSA) is 49.5 Å². The van der Waals surface area contributed by atoms with Gasteiger partial charge in [-0.1, -0.05) is 6.07 Å². The molecule has 0 radical (unpaired) electrons. The SMILES string of the molecule is Cc1cc([C@@H]2[C@H](c3ccccn3)NC(=S)N2Cc2ccco2)c(C)n1-c1ccc(N(C)C)cc1. The number of aromatic nitrogens is 2. The normalized spacial score (nSPS) is 17.8. The predicted octanol–water partition coefficient (Wildman–Crippen LogP) is 5.32. The first-order valence-electron chi connectivity index (χ1n) is 11.4. The number of nitrogens with one attached hydrogen (secondary N) is 1. The molecule has 7 heteroatoms. The van der Waals surface area contributed by atoms with E-state index in [0.717, 1.165) is 17.1 Å². The molecule has 1 N–H and O–H groups in total. The lowest BCUT2D eigenvalue weighted by Crippen LogP contribution is -2.29. The molecule has 174 valence electrons. The molecule has 5 rings (SSSR count). The fourth-order valence-electron chi connectivity index (χ4n) is 4.87. The zero-order valence-corrected chi connectivity index (χ0v) is 20.7. The molecule has 1 fully saturated rings. The Morgan fingerprint density at radius 1 is 1.06 bits per heavy atom. The zero-order chi connectivity index (χ0) is 23.8. The number of aryl methyl sites for hydroxylation is 1. The summed E-state index contributed by atoms with van der Waals surface area (Å²) < 4.78 is 7.99. The summed E-state index contributed by atoms with van der Waals surface area (Å²) in [5, 5.41) is 4.24. The van der Waals surface area contributed by atoms with Crippen molar-refractivity contribution in [3.63, 3.8) is 0 Å². The Bertz CT molecular complexity index is 1280. The van der Waals surface area contributed by atoms with Gasteiger partial charge in [0.05, 0.1) is 30.6 Å². The van der Waals surface area contributed by atoms with Crippen LogP contribution in [0.1, 0.15) is 40.5 Å². The van der Waals surface area contributed by atoms with Crippen molar-refractivity contribution in [2.75, 3.05) is 19.0 Å². The van der Waals surface area contributed by atoms with Gasteiger partial charge >= 0.3 is 0 Å². The molecule has 3 aromatic heterocycles. The van der Waals surface area contributed by atoms with E-state index >= 15 is 0 Å². The Labute approximate surface area is 205 Å². The van der Waals surface area contributed by atoms with Crippen LogP contribution in [-0.4, -0.2) is 33.7 Å². The van der Waals surface area contributed by atoms with Gasteiger partial charge in [0.15, 0.2) is 5.11 Å². The smallest absolute Gasteiger partial charge is 0.170 e. The second-order valence-corrected chi connectivity index (χ2v) is 9.29. The number of thiocarbonyl (C=S) groups is 1. The first kappa shape index (κ1) is 22.2. The average molecular weight is 472 g/mol. The predicted molar refractivity (Wildman–Crippen MR) is 139 cm³/mol. The summed E-state index contributed by atoms with van der Waals surface area (Å²) in [4.78, 5) is 8.99. The number of hydrogen-bond acceptors (Lipinski definition) is 4. The minimum atomic E-state index is -0.0614. The van der Waals surface area contributed by atoms with Gasteiger partial charge in [-0.3, -0.25) is 4.98 Å². The molecule has 2 atom stereocenters. The molecule has 0 aliphatic carbocycles. The number of anilines is 1. The van der Waals surface area contributed by atoms with Crippen LogP contribution in [0.2, 0.25) is 0 Å². The molecule has 6 nitrogen and oxygen atoms in total. The van der Waals surface area contributed by atoms with Crippen LogP contribution in [0, 0.1) is 13.8 Å². The highest BCUT2D eigenvalue weighted by atomic mass is 32.1. The average Bonchev–Trinajstić information content (AvgIpc) is 3.54. The molecule has 0 amide bonds. The molecule has 0 bridgehead atoms. The zero-order valence-electron chi connectivity index (χ0n) is 19.9. The van der Waals surface area contributed by atoms with Crippen LogP contribution in [0.15, 0.2) is 77.5 Å². The lowest BCUT2D eigenvalue weighted by molar-refractivity contribution is 0.286. The molecular weight excluding hydrogens is 442 g/mol. The minimum absolute atomic E-state index is 0.0199. The van der Waals surface area contributed by atoms with Gasteiger partial charge in [0, 0.05) is 43.1 Å². The first-order valence-corrected chi connectivity index (χ1v) is 11.8. The van der Waals surface area contributed by atoms with Crippen molar-refractivity contribution in [3.05, 3.63) is 102 Å². The standard InChI is InChI=1S/C27H29N5OS/c1-18-16-23(19(2)32(18)21-12-10-20(11-13-21)30(3)4)26-25(24-9-5-6-14-28-24)29-27(34)31(26)17-22-8-7-15-33-22/h5-16,25-26H,17H2,1-4H3,(H,29,34)/t25-,26+/m0/s1. The van der Waals surface area contributed by atoms with E-state index in [-0.39, 0.29) is 12.1 Å². The first-order chi connectivity index (χ1) is 16.4. The summed E-state index contributed by atoms with van der Waals surface area (Å²) in [6.45, 7) is 4.93. The maximum atomic E-state index is 5.82. The fraction of sp³-hybridized carbons (Fsp3) is 0.259. The van der Waals surface area contributed by atoms with Crippen LogP contribution in [0.3, 0.4) is 0 Å². The van der Waals surface area contributed by atoms with Crippen LogP contribution in [0.4, 0.5) is 5.69 Å². The molecule has 1 aliphatic heterocycles. The number of furan rings is 1. The maximum absolute atomic E-state index is 5.82. The third kappa shape index (κ3) is 3.96. The number of nitrogens with zero attached hydrogens (tertiary/aromatic N) is 4. The highest BCUT2D eigenvalue weighted by Gasteiger charge is 2.41. The fourth-order valence-corrected chi connectivity index (χ4v) is 5.17. The van der Waals surface area contributed by atoms with Crippen LogP contribution in [0.5, 0.6) is 0 Å².